The van der Waals surface area contributed by atoms with Crippen molar-refractivity contribution in [2.45, 2.75) is 5.16 Å². The first-order valence-electron chi connectivity index (χ1n) is 6.85. The number of thioether (sulfide) groups is 1. The van der Waals surface area contributed by atoms with E-state index in [1.807, 2.05) is 6.26 Å². The van der Waals surface area contributed by atoms with Crippen molar-refractivity contribution in [3.8, 4) is 23.3 Å². The van der Waals surface area contributed by atoms with Gasteiger partial charge < -0.3 is 14.2 Å². The number of esters is 1. The molecule has 0 N–H and O–H groups in total. The zero-order chi connectivity index (χ0) is 17.5. The quantitative estimate of drug-likeness (QED) is 0.365. The van der Waals surface area contributed by atoms with Gasteiger partial charge in [-0.05, 0) is 18.4 Å². The molecular formula is C17H16N2O4S. The fourth-order valence-corrected chi connectivity index (χ4v) is 2.17. The van der Waals surface area contributed by atoms with Gasteiger partial charge in [0.2, 0.25) is 0 Å². The van der Waals surface area contributed by atoms with Gasteiger partial charge in [0.1, 0.15) is 11.5 Å². The fourth-order valence-electron chi connectivity index (χ4n) is 1.83. The fraction of sp³-hybridized carbons (Fsp3) is 0.235. The molecule has 124 valence electrons. The summed E-state index contributed by atoms with van der Waals surface area (Å²) >= 11 is 1.33. The average molecular weight is 344 g/mol. The SMILES string of the molecule is COC(=O)c1nc(SC)ncc1C#Cc1cc(OC)cc(OC)c1. The van der Waals surface area contributed by atoms with Crippen LogP contribution in [0.1, 0.15) is 21.6 Å². The van der Waals surface area contributed by atoms with Gasteiger partial charge in [-0.2, -0.15) is 0 Å². The lowest BCUT2D eigenvalue weighted by Gasteiger charge is -2.05. The highest BCUT2D eigenvalue weighted by atomic mass is 32.2. The summed E-state index contributed by atoms with van der Waals surface area (Å²) in [6.07, 6.45) is 3.33. The zero-order valence-electron chi connectivity index (χ0n) is 13.7. The van der Waals surface area contributed by atoms with Crippen molar-refractivity contribution in [1.82, 2.24) is 9.97 Å². The monoisotopic (exact) mass is 344 g/mol. The Kier molecular flexibility index (Phi) is 6.04. The molecule has 0 saturated carbocycles. The molecule has 0 amide bonds. The van der Waals surface area contributed by atoms with Gasteiger partial charge >= 0.3 is 5.97 Å². The van der Waals surface area contributed by atoms with Crippen LogP contribution in [0.25, 0.3) is 0 Å². The molecule has 0 atom stereocenters. The van der Waals surface area contributed by atoms with Gasteiger partial charge in [0.25, 0.3) is 0 Å². The molecular weight excluding hydrogens is 328 g/mol. The Balaban J connectivity index is 2.45. The Morgan fingerprint density at radius 1 is 1.08 bits per heavy atom. The van der Waals surface area contributed by atoms with Crippen molar-refractivity contribution in [3.05, 3.63) is 41.2 Å². The molecule has 0 fully saturated rings. The van der Waals surface area contributed by atoms with Gasteiger partial charge in [0.05, 0.1) is 26.9 Å². The summed E-state index contributed by atoms with van der Waals surface area (Å²) in [6.45, 7) is 0. The number of hydrogen-bond acceptors (Lipinski definition) is 7. The van der Waals surface area contributed by atoms with Gasteiger partial charge in [0.15, 0.2) is 10.9 Å². The van der Waals surface area contributed by atoms with Crippen LogP contribution in [0.5, 0.6) is 11.5 Å². The Bertz CT molecular complexity index is 790. The standard InChI is InChI=1S/C17H16N2O4S/c1-21-13-7-11(8-14(9-13)22-2)5-6-12-10-18-17(24-4)19-15(12)16(20)23-3/h7-10H,1-4H3. The van der Waals surface area contributed by atoms with Crippen LogP contribution in [-0.2, 0) is 4.74 Å². The lowest BCUT2D eigenvalue weighted by Crippen LogP contribution is -2.08. The van der Waals surface area contributed by atoms with Crippen LogP contribution in [-0.4, -0.2) is 43.5 Å². The molecule has 0 bridgehead atoms. The Morgan fingerprint density at radius 3 is 2.29 bits per heavy atom. The largest absolute Gasteiger partial charge is 0.497 e. The number of ether oxygens (including phenoxy) is 3. The lowest BCUT2D eigenvalue weighted by molar-refractivity contribution is 0.0592. The third-order valence-electron chi connectivity index (χ3n) is 3.02. The van der Waals surface area contributed by atoms with Crippen LogP contribution < -0.4 is 9.47 Å². The van der Waals surface area contributed by atoms with Crippen LogP contribution >= 0.6 is 11.8 Å². The van der Waals surface area contributed by atoms with E-state index in [0.717, 1.165) is 0 Å². The molecule has 2 rings (SSSR count). The molecule has 2 aromatic rings. The van der Waals surface area contributed by atoms with Crippen molar-refractivity contribution in [1.29, 1.82) is 0 Å². The highest BCUT2D eigenvalue weighted by molar-refractivity contribution is 7.98. The molecule has 1 aromatic heterocycles. The van der Waals surface area contributed by atoms with E-state index in [4.69, 9.17) is 14.2 Å². The van der Waals surface area contributed by atoms with E-state index < -0.39 is 5.97 Å². The van der Waals surface area contributed by atoms with Gasteiger partial charge in [-0.1, -0.05) is 23.6 Å². The number of benzene rings is 1. The topological polar surface area (TPSA) is 70.5 Å². The Hall–Kier alpha value is -2.72. The van der Waals surface area contributed by atoms with Crippen LogP contribution in [0.2, 0.25) is 0 Å². The molecule has 7 heteroatoms. The number of rotatable bonds is 4. The molecule has 0 saturated heterocycles. The first-order chi connectivity index (χ1) is 11.6. The first kappa shape index (κ1) is 17.6. The summed E-state index contributed by atoms with van der Waals surface area (Å²) in [6, 6.07) is 5.29. The predicted molar refractivity (Wildman–Crippen MR) is 90.7 cm³/mol. The average Bonchev–Trinajstić information content (AvgIpc) is 2.65. The summed E-state index contributed by atoms with van der Waals surface area (Å²) in [5.74, 6) is 6.56. The normalized spacial score (nSPS) is 9.67. The van der Waals surface area contributed by atoms with E-state index in [1.54, 1.807) is 32.4 Å². The van der Waals surface area contributed by atoms with Crippen LogP contribution in [0, 0.1) is 11.8 Å². The molecule has 0 aliphatic rings. The van der Waals surface area contributed by atoms with Gasteiger partial charge in [-0.15, -0.1) is 0 Å². The van der Waals surface area contributed by atoms with Crippen LogP contribution in [0.3, 0.4) is 0 Å². The van der Waals surface area contributed by atoms with E-state index >= 15 is 0 Å². The van der Waals surface area contributed by atoms with Crippen LogP contribution in [0.15, 0.2) is 29.6 Å². The second-order valence-electron chi connectivity index (χ2n) is 4.46. The van der Waals surface area contributed by atoms with Crippen LogP contribution in [0.4, 0.5) is 0 Å². The molecule has 1 aromatic carbocycles. The minimum atomic E-state index is -0.555. The smallest absolute Gasteiger partial charge is 0.358 e. The molecule has 0 unspecified atom stereocenters. The summed E-state index contributed by atoms with van der Waals surface area (Å²) in [7, 11) is 4.43. The van der Waals surface area contributed by atoms with E-state index in [2.05, 4.69) is 21.8 Å². The Labute approximate surface area is 144 Å². The van der Waals surface area contributed by atoms with E-state index in [1.165, 1.54) is 25.1 Å². The zero-order valence-corrected chi connectivity index (χ0v) is 14.6. The molecule has 1 heterocycles. The number of hydrogen-bond donors (Lipinski definition) is 0. The summed E-state index contributed by atoms with van der Waals surface area (Å²) in [5, 5.41) is 0.476. The molecule has 6 nitrogen and oxygen atoms in total. The maximum absolute atomic E-state index is 11.9. The predicted octanol–water partition coefficient (Wildman–Crippen LogP) is 2.40. The maximum Gasteiger partial charge on any atom is 0.358 e. The minimum absolute atomic E-state index is 0.138. The molecule has 0 spiro atoms. The van der Waals surface area contributed by atoms with Crippen molar-refractivity contribution < 1.29 is 19.0 Å². The van der Waals surface area contributed by atoms with Crippen molar-refractivity contribution in [2.24, 2.45) is 0 Å². The lowest BCUT2D eigenvalue weighted by atomic mass is 10.1. The Morgan fingerprint density at radius 2 is 1.75 bits per heavy atom. The minimum Gasteiger partial charge on any atom is -0.497 e. The van der Waals surface area contributed by atoms with E-state index in [-0.39, 0.29) is 5.69 Å². The third kappa shape index (κ3) is 4.18. The summed E-state index contributed by atoms with van der Waals surface area (Å²) in [4.78, 5) is 20.2. The first-order valence-corrected chi connectivity index (χ1v) is 8.08. The summed E-state index contributed by atoms with van der Waals surface area (Å²) in [5.41, 5.74) is 1.21. The van der Waals surface area contributed by atoms with Crippen molar-refractivity contribution in [2.75, 3.05) is 27.6 Å². The molecule has 24 heavy (non-hydrogen) atoms. The summed E-state index contributed by atoms with van der Waals surface area (Å²) < 4.78 is 15.2. The highest BCUT2D eigenvalue weighted by Gasteiger charge is 2.14. The number of carbonyl (C=O) groups is 1. The van der Waals surface area contributed by atoms with E-state index in [0.29, 0.717) is 27.8 Å². The second kappa shape index (κ2) is 8.22. The molecule has 0 aliphatic heterocycles. The van der Waals surface area contributed by atoms with Gasteiger partial charge in [-0.3, -0.25) is 0 Å². The van der Waals surface area contributed by atoms with E-state index in [9.17, 15) is 4.79 Å². The number of nitrogens with zero attached hydrogens (tertiary/aromatic N) is 2. The second-order valence-corrected chi connectivity index (χ2v) is 5.24. The number of methoxy groups -OCH3 is 3. The third-order valence-corrected chi connectivity index (χ3v) is 3.58. The van der Waals surface area contributed by atoms with Crippen molar-refractivity contribution >= 4 is 17.7 Å². The maximum atomic E-state index is 11.9. The number of aromatic nitrogens is 2. The molecule has 0 aliphatic carbocycles. The highest BCUT2D eigenvalue weighted by Crippen LogP contribution is 2.22. The van der Waals surface area contributed by atoms with Gasteiger partial charge in [-0.25, -0.2) is 14.8 Å². The molecule has 0 radical (unpaired) electrons. The van der Waals surface area contributed by atoms with Gasteiger partial charge in [0, 0.05) is 17.8 Å². The van der Waals surface area contributed by atoms with Crippen molar-refractivity contribution in [3.63, 3.8) is 0 Å². The number of carbonyl (C=O) groups excluding carboxylic acids is 1.